The van der Waals surface area contributed by atoms with E-state index in [9.17, 15) is 32.1 Å². The smallest absolute Gasteiger partial charge is 0.294 e. The van der Waals surface area contributed by atoms with Crippen LogP contribution in [-0.2, 0) is 32.5 Å². The van der Waals surface area contributed by atoms with Crippen molar-refractivity contribution >= 4 is 33.7 Å². The van der Waals surface area contributed by atoms with Gasteiger partial charge < -0.3 is 0 Å². The molecule has 1 saturated heterocycles. The highest BCUT2D eigenvalue weighted by molar-refractivity contribution is 7.85. The molecule has 2 heterocycles. The number of fused-ring (bicyclic) bond motifs is 1. The number of hydrogen-bond donors (Lipinski definition) is 2. The number of piperidine rings is 1. The molecule has 2 aliphatic rings. The monoisotopic (exact) mass is 470 g/mol. The molecule has 1 atom stereocenters. The first-order chi connectivity index (χ1) is 15.6. The lowest BCUT2D eigenvalue weighted by atomic mass is 9.99. The van der Waals surface area contributed by atoms with Crippen LogP contribution in [0, 0.1) is 6.92 Å². The van der Waals surface area contributed by atoms with Crippen molar-refractivity contribution in [2.75, 3.05) is 0 Å². The molecule has 0 aliphatic carbocycles. The van der Waals surface area contributed by atoms with E-state index >= 15 is 0 Å². The summed E-state index contributed by atoms with van der Waals surface area (Å²) in [5.74, 6) is -2.22. The molecule has 0 saturated carbocycles. The van der Waals surface area contributed by atoms with Crippen LogP contribution in [0.5, 0.6) is 0 Å². The SMILES string of the molecule is Cc1ccc(S(=O)(=O)O)c(CCCc2ccc3c(c2)C(=O)N(C2CCC(=O)NC2=O)C3=O)c1. The lowest BCUT2D eigenvalue weighted by Crippen LogP contribution is -2.54. The number of benzene rings is 2. The van der Waals surface area contributed by atoms with Crippen molar-refractivity contribution in [3.8, 4) is 0 Å². The van der Waals surface area contributed by atoms with E-state index < -0.39 is 39.8 Å². The molecule has 9 nitrogen and oxygen atoms in total. The zero-order valence-electron chi connectivity index (χ0n) is 17.8. The fraction of sp³-hybridized carbons (Fsp3) is 0.304. The van der Waals surface area contributed by atoms with Crippen LogP contribution in [0.3, 0.4) is 0 Å². The summed E-state index contributed by atoms with van der Waals surface area (Å²) in [7, 11) is -4.33. The second-order valence-electron chi connectivity index (χ2n) is 8.27. The number of amides is 4. The van der Waals surface area contributed by atoms with Crippen molar-refractivity contribution in [3.05, 3.63) is 64.2 Å². The molecule has 2 aromatic carbocycles. The summed E-state index contributed by atoms with van der Waals surface area (Å²) in [4.78, 5) is 50.0. The van der Waals surface area contributed by atoms with Crippen molar-refractivity contribution in [1.82, 2.24) is 10.2 Å². The van der Waals surface area contributed by atoms with E-state index in [0.29, 0.717) is 24.8 Å². The van der Waals surface area contributed by atoms with Crippen LogP contribution in [0.25, 0.3) is 0 Å². The predicted octanol–water partition coefficient (Wildman–Crippen LogP) is 1.82. The molecule has 4 rings (SSSR count). The zero-order valence-corrected chi connectivity index (χ0v) is 18.6. The zero-order chi connectivity index (χ0) is 23.9. The fourth-order valence-corrected chi connectivity index (χ4v) is 5.04. The average Bonchev–Trinajstić information content (AvgIpc) is 2.97. The molecule has 0 spiro atoms. The van der Waals surface area contributed by atoms with Gasteiger partial charge in [-0.3, -0.25) is 33.9 Å². The summed E-state index contributed by atoms with van der Waals surface area (Å²) in [5, 5.41) is 2.16. The Morgan fingerprint density at radius 1 is 1.00 bits per heavy atom. The number of carbonyl (C=O) groups excluding carboxylic acids is 4. The summed E-state index contributed by atoms with van der Waals surface area (Å²) in [6, 6.07) is 8.57. The van der Waals surface area contributed by atoms with Gasteiger partial charge in [-0.05, 0) is 61.9 Å². The maximum Gasteiger partial charge on any atom is 0.294 e. The number of carbonyl (C=O) groups is 4. The molecule has 4 amide bonds. The Hall–Kier alpha value is -3.37. The summed E-state index contributed by atoms with van der Waals surface area (Å²) in [6.07, 6.45) is 1.59. The number of rotatable bonds is 6. The predicted molar refractivity (Wildman–Crippen MR) is 116 cm³/mol. The van der Waals surface area contributed by atoms with Gasteiger partial charge in [0.15, 0.2) is 0 Å². The van der Waals surface area contributed by atoms with Crippen LogP contribution in [0.2, 0.25) is 0 Å². The molecule has 0 radical (unpaired) electrons. The van der Waals surface area contributed by atoms with E-state index in [4.69, 9.17) is 0 Å². The molecular weight excluding hydrogens is 448 g/mol. The van der Waals surface area contributed by atoms with Crippen LogP contribution in [0.15, 0.2) is 41.3 Å². The largest absolute Gasteiger partial charge is 0.295 e. The van der Waals surface area contributed by atoms with Gasteiger partial charge in [0.1, 0.15) is 6.04 Å². The molecule has 1 fully saturated rings. The molecule has 1 unspecified atom stereocenters. The van der Waals surface area contributed by atoms with Gasteiger partial charge in [0.2, 0.25) is 11.8 Å². The number of aryl methyl sites for hydroxylation is 3. The van der Waals surface area contributed by atoms with Gasteiger partial charge in [0, 0.05) is 6.42 Å². The van der Waals surface area contributed by atoms with Crippen molar-refractivity contribution in [3.63, 3.8) is 0 Å². The van der Waals surface area contributed by atoms with Crippen LogP contribution in [0.4, 0.5) is 0 Å². The van der Waals surface area contributed by atoms with Crippen LogP contribution in [-0.4, -0.2) is 47.5 Å². The lowest BCUT2D eigenvalue weighted by molar-refractivity contribution is -0.136. The van der Waals surface area contributed by atoms with Gasteiger partial charge in [-0.1, -0.05) is 23.8 Å². The van der Waals surface area contributed by atoms with Crippen molar-refractivity contribution in [2.45, 2.75) is 50.0 Å². The van der Waals surface area contributed by atoms with E-state index in [1.807, 2.05) is 6.92 Å². The summed E-state index contributed by atoms with van der Waals surface area (Å²) < 4.78 is 32.7. The minimum absolute atomic E-state index is 0.0551. The van der Waals surface area contributed by atoms with E-state index in [0.717, 1.165) is 16.0 Å². The standard InChI is InChI=1S/C23H22N2O7S/c1-13-5-9-19(33(30,31)32)15(11-13)4-2-3-14-6-7-16-17(12-14)23(29)25(22(16)28)18-8-10-20(26)24-21(18)27/h5-7,9,11-12,18H,2-4,8,10H2,1H3,(H,24,26,27)(H,30,31,32). The minimum Gasteiger partial charge on any atom is -0.295 e. The maximum absolute atomic E-state index is 12.9. The van der Waals surface area contributed by atoms with E-state index in [1.165, 1.54) is 6.07 Å². The third-order valence-corrected chi connectivity index (χ3v) is 6.86. The highest BCUT2D eigenvalue weighted by Gasteiger charge is 2.44. The van der Waals surface area contributed by atoms with Gasteiger partial charge in [-0.25, -0.2) is 0 Å². The Morgan fingerprint density at radius 3 is 2.42 bits per heavy atom. The maximum atomic E-state index is 12.9. The Kier molecular flexibility index (Phi) is 5.89. The van der Waals surface area contributed by atoms with E-state index in [2.05, 4.69) is 5.32 Å². The molecular formula is C23H22N2O7S. The van der Waals surface area contributed by atoms with Crippen molar-refractivity contribution in [1.29, 1.82) is 0 Å². The van der Waals surface area contributed by atoms with E-state index in [1.54, 1.807) is 30.3 Å². The van der Waals surface area contributed by atoms with Crippen LogP contribution >= 0.6 is 0 Å². The second-order valence-corrected chi connectivity index (χ2v) is 9.66. The summed E-state index contributed by atoms with van der Waals surface area (Å²) in [5.41, 5.74) is 2.57. The number of nitrogens with one attached hydrogen (secondary N) is 1. The molecule has 33 heavy (non-hydrogen) atoms. The van der Waals surface area contributed by atoms with Gasteiger partial charge >= 0.3 is 0 Å². The highest BCUT2D eigenvalue weighted by atomic mass is 32.2. The topological polar surface area (TPSA) is 138 Å². The number of imide groups is 2. The Labute approximate surface area is 190 Å². The first-order valence-electron chi connectivity index (χ1n) is 10.5. The van der Waals surface area contributed by atoms with Crippen molar-refractivity contribution < 1.29 is 32.1 Å². The normalized spacial score (nSPS) is 18.5. The Morgan fingerprint density at radius 2 is 1.73 bits per heavy atom. The van der Waals surface area contributed by atoms with Crippen LogP contribution in [0.1, 0.15) is 56.7 Å². The Balaban J connectivity index is 1.49. The van der Waals surface area contributed by atoms with Gasteiger partial charge in [0.05, 0.1) is 16.0 Å². The summed E-state index contributed by atoms with van der Waals surface area (Å²) >= 11 is 0. The molecule has 0 aromatic heterocycles. The first kappa shape index (κ1) is 22.8. The fourth-order valence-electron chi connectivity index (χ4n) is 4.31. The number of nitrogens with zero attached hydrogens (tertiary/aromatic N) is 1. The highest BCUT2D eigenvalue weighted by Crippen LogP contribution is 2.29. The third-order valence-electron chi connectivity index (χ3n) is 5.91. The third kappa shape index (κ3) is 4.44. The molecule has 2 aliphatic heterocycles. The molecule has 2 N–H and O–H groups in total. The average molecular weight is 471 g/mol. The van der Waals surface area contributed by atoms with Gasteiger partial charge in [-0.15, -0.1) is 0 Å². The number of hydrogen-bond acceptors (Lipinski definition) is 6. The van der Waals surface area contributed by atoms with Crippen molar-refractivity contribution in [2.24, 2.45) is 0 Å². The first-order valence-corrected chi connectivity index (χ1v) is 11.9. The van der Waals surface area contributed by atoms with Gasteiger partial charge in [0.25, 0.3) is 21.9 Å². The quantitative estimate of drug-likeness (QED) is 0.485. The van der Waals surface area contributed by atoms with Gasteiger partial charge in [-0.2, -0.15) is 8.42 Å². The second kappa shape index (κ2) is 8.53. The lowest BCUT2D eigenvalue weighted by Gasteiger charge is -2.27. The minimum atomic E-state index is -4.33. The van der Waals surface area contributed by atoms with Crippen LogP contribution < -0.4 is 5.32 Å². The molecule has 2 aromatic rings. The molecule has 0 bridgehead atoms. The molecule has 10 heteroatoms. The Bertz CT molecular complexity index is 1300. The van der Waals surface area contributed by atoms with E-state index in [-0.39, 0.29) is 28.9 Å². The summed E-state index contributed by atoms with van der Waals surface area (Å²) in [6.45, 7) is 1.83. The molecule has 172 valence electrons.